The van der Waals surface area contributed by atoms with Crippen molar-refractivity contribution in [3.8, 4) is 0 Å². The molecule has 0 bridgehead atoms. The average Bonchev–Trinajstić information content (AvgIpc) is 3.19. The lowest BCUT2D eigenvalue weighted by Crippen LogP contribution is -2.65. The fourth-order valence-electron chi connectivity index (χ4n) is 6.70. The Morgan fingerprint density at radius 2 is 1.16 bits per heavy atom. The van der Waals surface area contributed by atoms with Crippen LogP contribution in [0.4, 0.5) is 0 Å². The molecule has 0 aromatic carbocycles. The maximum absolute atomic E-state index is 13.0. The topological polar surface area (TPSA) is 228 Å². The number of rotatable bonds is 30. The predicted molar refractivity (Wildman–Crippen MR) is 212 cm³/mol. The second-order valence-corrected chi connectivity index (χ2v) is 15.1. The number of hydrogen-bond acceptors (Lipinski definition) is 13. The highest BCUT2D eigenvalue weighted by Crippen LogP contribution is 2.29. The summed E-state index contributed by atoms with van der Waals surface area (Å²) in [7, 11) is 0. The zero-order chi connectivity index (χ0) is 41.1. The van der Waals surface area contributed by atoms with E-state index in [4.69, 9.17) is 18.9 Å². The van der Waals surface area contributed by atoms with Gasteiger partial charge in [-0.25, -0.2) is 0 Å². The highest BCUT2D eigenvalue weighted by atomic mass is 16.7. The number of aliphatic hydroxyl groups is 8. The molecule has 0 aromatic heterocycles. The molecule has 0 spiro atoms. The summed E-state index contributed by atoms with van der Waals surface area (Å²) in [5.41, 5.74) is 0. The number of carbonyl (C=O) groups excluding carboxylic acids is 1. The van der Waals surface area contributed by atoms with Crippen LogP contribution in [-0.4, -0.2) is 140 Å². The van der Waals surface area contributed by atoms with Gasteiger partial charge in [-0.05, 0) is 51.4 Å². The molecule has 56 heavy (non-hydrogen) atoms. The van der Waals surface area contributed by atoms with E-state index in [1.165, 1.54) is 44.9 Å². The van der Waals surface area contributed by atoms with Gasteiger partial charge in [0.15, 0.2) is 12.6 Å². The molecule has 0 aromatic rings. The summed E-state index contributed by atoms with van der Waals surface area (Å²) in [5.74, 6) is -0.266. The van der Waals surface area contributed by atoms with Gasteiger partial charge in [0.25, 0.3) is 0 Å². The Kier molecular flexibility index (Phi) is 27.2. The monoisotopic (exact) mass is 802 g/mol. The van der Waals surface area contributed by atoms with Gasteiger partial charge in [0.1, 0.15) is 48.8 Å². The highest BCUT2D eigenvalue weighted by Gasteiger charge is 2.50. The number of amides is 1. The zero-order valence-electron chi connectivity index (χ0n) is 33.9. The lowest BCUT2D eigenvalue weighted by molar-refractivity contribution is -0.359. The number of hydrogen-bond donors (Lipinski definition) is 9. The maximum atomic E-state index is 13.0. The van der Waals surface area contributed by atoms with Crippen molar-refractivity contribution >= 4 is 5.91 Å². The van der Waals surface area contributed by atoms with Gasteiger partial charge in [0.2, 0.25) is 5.91 Å². The third-order valence-electron chi connectivity index (χ3n) is 10.3. The second-order valence-electron chi connectivity index (χ2n) is 15.1. The minimum absolute atomic E-state index is 0.262. The SMILES string of the molecule is CCCC/C=C\CCCCCCCC(=O)NC(COC1OC(CO)C(OC2OC(CO)C(O)C(O)C2O)C(O)C1O)C(O)/C=C/CC/C=C/CCCCCCC. The molecule has 14 heteroatoms. The molecule has 9 N–H and O–H groups in total. The zero-order valence-corrected chi connectivity index (χ0v) is 33.9. The predicted octanol–water partition coefficient (Wildman–Crippen LogP) is 3.20. The van der Waals surface area contributed by atoms with Crippen LogP contribution in [0, 0.1) is 0 Å². The molecular formula is C42H75NO13. The molecule has 0 saturated carbocycles. The van der Waals surface area contributed by atoms with Crippen molar-refractivity contribution in [1.82, 2.24) is 5.32 Å². The number of aliphatic hydroxyl groups excluding tert-OH is 8. The van der Waals surface area contributed by atoms with E-state index in [9.17, 15) is 45.6 Å². The normalized spacial score (nSPS) is 29.8. The molecule has 2 saturated heterocycles. The first-order valence-electron chi connectivity index (χ1n) is 21.2. The first-order chi connectivity index (χ1) is 27.1. The Hall–Kier alpha value is -1.79. The Labute approximate surface area is 334 Å². The van der Waals surface area contributed by atoms with Crippen molar-refractivity contribution in [3.63, 3.8) is 0 Å². The third-order valence-corrected chi connectivity index (χ3v) is 10.3. The molecule has 0 radical (unpaired) electrons. The summed E-state index contributed by atoms with van der Waals surface area (Å²) in [6, 6.07) is -0.930. The molecule has 326 valence electrons. The first-order valence-corrected chi connectivity index (χ1v) is 21.2. The van der Waals surface area contributed by atoms with Crippen LogP contribution in [0.1, 0.15) is 129 Å². The van der Waals surface area contributed by atoms with Gasteiger partial charge in [0.05, 0.1) is 32.0 Å². The summed E-state index contributed by atoms with van der Waals surface area (Å²) in [5, 5.41) is 86.1. The molecule has 14 nitrogen and oxygen atoms in total. The lowest BCUT2D eigenvalue weighted by Gasteiger charge is -2.46. The van der Waals surface area contributed by atoms with E-state index in [2.05, 4.69) is 43.5 Å². The summed E-state index contributed by atoms with van der Waals surface area (Å²) in [6.45, 7) is 2.64. The minimum Gasteiger partial charge on any atom is -0.394 e. The van der Waals surface area contributed by atoms with Gasteiger partial charge in [-0.15, -0.1) is 0 Å². The quantitative estimate of drug-likeness (QED) is 0.0376. The highest BCUT2D eigenvalue weighted by molar-refractivity contribution is 5.76. The number of unbranched alkanes of at least 4 members (excludes halogenated alkanes) is 13. The number of nitrogens with one attached hydrogen (secondary N) is 1. The van der Waals surface area contributed by atoms with Gasteiger partial charge < -0.3 is 65.1 Å². The van der Waals surface area contributed by atoms with Crippen LogP contribution in [0.3, 0.4) is 0 Å². The van der Waals surface area contributed by atoms with Crippen molar-refractivity contribution in [2.45, 2.75) is 203 Å². The van der Waals surface area contributed by atoms with E-state index in [0.717, 1.165) is 51.4 Å². The van der Waals surface area contributed by atoms with E-state index < -0.39 is 86.8 Å². The largest absolute Gasteiger partial charge is 0.394 e. The van der Waals surface area contributed by atoms with Gasteiger partial charge in [0, 0.05) is 6.42 Å². The average molecular weight is 802 g/mol. The van der Waals surface area contributed by atoms with Crippen LogP contribution >= 0.6 is 0 Å². The minimum atomic E-state index is -1.79. The van der Waals surface area contributed by atoms with Crippen LogP contribution in [0.2, 0.25) is 0 Å². The molecule has 12 unspecified atom stereocenters. The van der Waals surface area contributed by atoms with E-state index in [-0.39, 0.29) is 18.9 Å². The standard InChI is InChI=1S/C42H75NO13/c1-3-5-7-9-11-13-15-17-19-21-23-25-31(46)30(43-34(47)26-24-22-20-18-16-14-12-10-8-6-4-2)29-53-41-39(52)37(50)40(33(28-45)55-41)56-42-38(51)36(49)35(48)32(27-44)54-42/h10,12,15,17,23,25,30-33,35-42,44-46,48-52H,3-9,11,13-14,16,18-22,24,26-29H2,1-2H3,(H,43,47)/b12-10-,17-15+,25-23+. The van der Waals surface area contributed by atoms with Crippen molar-refractivity contribution in [1.29, 1.82) is 0 Å². The Morgan fingerprint density at radius 1 is 0.625 bits per heavy atom. The third kappa shape index (κ3) is 18.9. The molecule has 2 aliphatic heterocycles. The van der Waals surface area contributed by atoms with E-state index >= 15 is 0 Å². The molecule has 12 atom stereocenters. The van der Waals surface area contributed by atoms with Crippen LogP contribution in [0.15, 0.2) is 36.5 Å². The van der Waals surface area contributed by atoms with Crippen LogP contribution < -0.4 is 5.32 Å². The van der Waals surface area contributed by atoms with Crippen LogP contribution in [-0.2, 0) is 23.7 Å². The molecule has 1 amide bonds. The first kappa shape index (κ1) is 50.4. The van der Waals surface area contributed by atoms with Crippen molar-refractivity contribution in [3.05, 3.63) is 36.5 Å². The van der Waals surface area contributed by atoms with Gasteiger partial charge >= 0.3 is 0 Å². The summed E-state index contributed by atoms with van der Waals surface area (Å²) >= 11 is 0. The van der Waals surface area contributed by atoms with E-state index in [0.29, 0.717) is 12.8 Å². The summed E-state index contributed by atoms with van der Waals surface area (Å²) in [4.78, 5) is 13.0. The molecule has 2 heterocycles. The van der Waals surface area contributed by atoms with Crippen LogP contribution in [0.5, 0.6) is 0 Å². The van der Waals surface area contributed by atoms with Gasteiger partial charge in [-0.1, -0.05) is 108 Å². The Balaban J connectivity index is 1.96. The maximum Gasteiger partial charge on any atom is 0.220 e. The number of ether oxygens (including phenoxy) is 4. The Morgan fingerprint density at radius 3 is 1.80 bits per heavy atom. The fraction of sp³-hybridized carbons (Fsp3) is 0.833. The molecular weight excluding hydrogens is 726 g/mol. The molecule has 2 rings (SSSR count). The van der Waals surface area contributed by atoms with Gasteiger partial charge in [-0.3, -0.25) is 4.79 Å². The molecule has 2 aliphatic rings. The molecule has 2 fully saturated rings. The summed E-state index contributed by atoms with van der Waals surface area (Å²) < 4.78 is 22.5. The Bertz CT molecular complexity index is 1090. The van der Waals surface area contributed by atoms with Crippen molar-refractivity contribution in [2.75, 3.05) is 19.8 Å². The van der Waals surface area contributed by atoms with Crippen molar-refractivity contribution in [2.24, 2.45) is 0 Å². The fourth-order valence-corrected chi connectivity index (χ4v) is 6.70. The molecule has 0 aliphatic carbocycles. The smallest absolute Gasteiger partial charge is 0.220 e. The lowest BCUT2D eigenvalue weighted by atomic mass is 9.97. The van der Waals surface area contributed by atoms with E-state index in [1.807, 2.05) is 6.08 Å². The van der Waals surface area contributed by atoms with Crippen LogP contribution in [0.25, 0.3) is 0 Å². The van der Waals surface area contributed by atoms with Gasteiger partial charge in [-0.2, -0.15) is 0 Å². The second kappa shape index (κ2) is 30.3. The van der Waals surface area contributed by atoms with Crippen molar-refractivity contribution < 1.29 is 64.6 Å². The summed E-state index contributed by atoms with van der Waals surface area (Å²) in [6.07, 6.45) is 13.5. The number of allylic oxidation sites excluding steroid dienone is 5. The van der Waals surface area contributed by atoms with E-state index in [1.54, 1.807) is 6.08 Å². The number of carbonyl (C=O) groups is 1.